The maximum Gasteiger partial charge on any atom is 0.306 e. The lowest BCUT2D eigenvalue weighted by Gasteiger charge is -2.30. The van der Waals surface area contributed by atoms with Crippen LogP contribution in [0.25, 0.3) is 0 Å². The number of ether oxygens (including phenoxy) is 1. The van der Waals surface area contributed by atoms with Gasteiger partial charge >= 0.3 is 5.97 Å². The van der Waals surface area contributed by atoms with Crippen molar-refractivity contribution < 1.29 is 37.3 Å². The molecule has 0 spiro atoms. The van der Waals surface area contributed by atoms with Crippen LogP contribution in [0, 0.1) is 0 Å². The lowest BCUT2D eigenvalue weighted by molar-refractivity contribution is -0.870. The van der Waals surface area contributed by atoms with Crippen LogP contribution in [0.15, 0.2) is 60.8 Å². The molecule has 79 heavy (non-hydrogen) atoms. The number of amides is 1. The van der Waals surface area contributed by atoms with E-state index in [4.69, 9.17) is 13.8 Å². The van der Waals surface area contributed by atoms with Gasteiger partial charge in [-0.25, -0.2) is 0 Å². The largest absolute Gasteiger partial charge is 0.756 e. The van der Waals surface area contributed by atoms with Gasteiger partial charge in [0.25, 0.3) is 7.82 Å². The molecule has 0 fully saturated rings. The highest BCUT2D eigenvalue weighted by Gasteiger charge is 2.27. The highest BCUT2D eigenvalue weighted by Crippen LogP contribution is 2.38. The Bertz CT molecular complexity index is 1540. The number of quaternary nitrogens is 1. The summed E-state index contributed by atoms with van der Waals surface area (Å²) in [5.74, 6) is -0.546. The van der Waals surface area contributed by atoms with Crippen molar-refractivity contribution in [3.8, 4) is 0 Å². The minimum absolute atomic E-state index is 0.0247. The molecule has 0 radical (unpaired) electrons. The normalized spacial score (nSPS) is 14.0. The monoisotopic (exact) mass is 1130 g/mol. The summed E-state index contributed by atoms with van der Waals surface area (Å²) in [6.45, 7) is 6.80. The fourth-order valence-electron chi connectivity index (χ4n) is 9.72. The first kappa shape index (κ1) is 76.7. The molecule has 9 nitrogen and oxygen atoms in total. The zero-order chi connectivity index (χ0) is 57.9. The number of rotatable bonds is 61. The molecule has 0 saturated carbocycles. The van der Waals surface area contributed by atoms with Crippen molar-refractivity contribution >= 4 is 19.7 Å². The Morgan fingerprint density at radius 3 is 1.24 bits per heavy atom. The number of nitrogens with zero attached hydrogens (tertiary/aromatic N) is 1. The third-order valence-electron chi connectivity index (χ3n) is 14.9. The molecule has 3 atom stereocenters. The van der Waals surface area contributed by atoms with Gasteiger partial charge < -0.3 is 28.5 Å². The maximum absolute atomic E-state index is 13.5. The molecule has 0 bridgehead atoms. The molecular weight excluding hydrogens is 1000 g/mol. The van der Waals surface area contributed by atoms with Gasteiger partial charge in [0, 0.05) is 12.8 Å². The summed E-state index contributed by atoms with van der Waals surface area (Å²) in [6.07, 6.45) is 74.9. The van der Waals surface area contributed by atoms with Crippen molar-refractivity contribution in [3.63, 3.8) is 0 Å². The Kier molecular flexibility index (Phi) is 57.2. The van der Waals surface area contributed by atoms with Gasteiger partial charge in [-0.2, -0.15) is 0 Å². The maximum atomic E-state index is 13.5. The van der Waals surface area contributed by atoms with Gasteiger partial charge in [-0.3, -0.25) is 14.2 Å². The van der Waals surface area contributed by atoms with Gasteiger partial charge in [0.05, 0.1) is 33.8 Å². The van der Waals surface area contributed by atoms with Crippen LogP contribution in [0.2, 0.25) is 0 Å². The summed E-state index contributed by atoms with van der Waals surface area (Å²) in [6, 6.07) is -0.894. The first-order valence-corrected chi connectivity index (χ1v) is 35.1. The van der Waals surface area contributed by atoms with Gasteiger partial charge in [-0.05, 0) is 89.5 Å². The standard InChI is InChI=1S/C69H129N2O7P/c1-7-10-13-16-19-22-25-27-29-30-31-32-33-34-35-36-37-38-39-40-42-44-47-50-53-56-59-62-69(73)78-67(60-57-54-51-48-45-24-21-18-15-12-9-3)66(65-77-79(74,75)76-64-63-71(4,5)6)70-68(72)61-58-55-52-49-46-43-41-28-26-23-20-17-14-11-8-2/h19-20,22-23,26-29,57,60,66-67H,7-18,21,24-25,30-56,58-59,61-65H2,1-6H3,(H-,70,72,74,75)/b22-19-,23-20+,28-26+,29-27-,60-57-. The molecule has 0 aliphatic heterocycles. The van der Waals surface area contributed by atoms with Gasteiger partial charge in [0.15, 0.2) is 0 Å². The van der Waals surface area contributed by atoms with Crippen LogP contribution in [-0.2, 0) is 27.9 Å². The van der Waals surface area contributed by atoms with Crippen molar-refractivity contribution in [3.05, 3.63) is 60.8 Å². The van der Waals surface area contributed by atoms with Crippen LogP contribution in [0.1, 0.15) is 316 Å². The summed E-state index contributed by atoms with van der Waals surface area (Å²) in [4.78, 5) is 40.0. The number of hydrogen-bond donors (Lipinski definition) is 1. The van der Waals surface area contributed by atoms with Crippen molar-refractivity contribution in [1.82, 2.24) is 5.32 Å². The lowest BCUT2D eigenvalue weighted by Crippen LogP contribution is -2.47. The van der Waals surface area contributed by atoms with Gasteiger partial charge in [-0.15, -0.1) is 0 Å². The van der Waals surface area contributed by atoms with E-state index in [2.05, 4.69) is 74.7 Å². The number of allylic oxidation sites excluding steroid dienone is 9. The molecule has 0 aromatic heterocycles. The van der Waals surface area contributed by atoms with E-state index in [0.717, 1.165) is 89.9 Å². The van der Waals surface area contributed by atoms with E-state index >= 15 is 0 Å². The number of hydrogen-bond acceptors (Lipinski definition) is 7. The van der Waals surface area contributed by atoms with E-state index < -0.39 is 26.6 Å². The van der Waals surface area contributed by atoms with Crippen molar-refractivity contribution in [2.75, 3.05) is 40.9 Å². The second-order valence-corrected chi connectivity index (χ2v) is 25.4. The molecule has 3 unspecified atom stereocenters. The van der Waals surface area contributed by atoms with Crippen LogP contribution in [-0.4, -0.2) is 69.4 Å². The van der Waals surface area contributed by atoms with E-state index in [1.807, 2.05) is 33.3 Å². The van der Waals surface area contributed by atoms with Crippen molar-refractivity contribution in [2.24, 2.45) is 0 Å². The molecule has 462 valence electrons. The first-order valence-electron chi connectivity index (χ1n) is 33.6. The van der Waals surface area contributed by atoms with Crippen LogP contribution in [0.5, 0.6) is 0 Å². The number of nitrogens with one attached hydrogen (secondary N) is 1. The average molecular weight is 1130 g/mol. The zero-order valence-corrected chi connectivity index (χ0v) is 53.7. The minimum atomic E-state index is -4.70. The third kappa shape index (κ3) is 60.1. The van der Waals surface area contributed by atoms with Crippen LogP contribution in [0.4, 0.5) is 0 Å². The molecule has 0 saturated heterocycles. The second kappa shape index (κ2) is 58.9. The summed E-state index contributed by atoms with van der Waals surface area (Å²) in [5, 5.41) is 3.03. The van der Waals surface area contributed by atoms with E-state index in [0.29, 0.717) is 17.4 Å². The number of phosphoric acid groups is 1. The molecule has 10 heteroatoms. The highest BCUT2D eigenvalue weighted by molar-refractivity contribution is 7.45. The number of unbranched alkanes of at least 4 members (excludes halogenated alkanes) is 38. The Balaban J connectivity index is 4.99. The molecular formula is C69H129N2O7P. The summed E-state index contributed by atoms with van der Waals surface area (Å²) in [7, 11) is 1.18. The van der Waals surface area contributed by atoms with E-state index in [1.54, 1.807) is 0 Å². The predicted molar refractivity (Wildman–Crippen MR) is 339 cm³/mol. The Labute approximate surface area is 490 Å². The number of esters is 1. The fourth-order valence-corrected chi connectivity index (χ4v) is 10.4. The molecule has 0 aromatic rings. The van der Waals surface area contributed by atoms with Crippen LogP contribution >= 0.6 is 7.82 Å². The number of carbonyl (C=O) groups is 2. The minimum Gasteiger partial charge on any atom is -0.756 e. The van der Waals surface area contributed by atoms with Crippen LogP contribution < -0.4 is 10.2 Å². The smallest absolute Gasteiger partial charge is 0.306 e. The zero-order valence-electron chi connectivity index (χ0n) is 52.8. The predicted octanol–water partition coefficient (Wildman–Crippen LogP) is 20.4. The SMILES string of the molecule is CCCCC/C=C\C/C=C\CCCCCCCCCCCCCCCCCCCC(=O)OC(/C=C\CCCCCCCCCCC)C(COP(=O)([O-])OCC[N+](C)(C)C)NC(=O)CCCCCCCC/C=C/C=C/CCCCC. The fraction of sp³-hybridized carbons (Fsp3) is 0.826. The first-order chi connectivity index (χ1) is 38.4. The Hall–Kier alpha value is -2.29. The summed E-state index contributed by atoms with van der Waals surface area (Å²) < 4.78 is 30.3. The number of likely N-dealkylation sites (N-methyl/N-ethyl adjacent to an activating group) is 1. The molecule has 0 aliphatic carbocycles. The quantitative estimate of drug-likeness (QED) is 0.0161. The Morgan fingerprint density at radius 1 is 0.456 bits per heavy atom. The van der Waals surface area contributed by atoms with Crippen LogP contribution in [0.3, 0.4) is 0 Å². The van der Waals surface area contributed by atoms with Crippen molar-refractivity contribution in [2.45, 2.75) is 328 Å². The van der Waals surface area contributed by atoms with Crippen molar-refractivity contribution in [1.29, 1.82) is 0 Å². The summed E-state index contributed by atoms with van der Waals surface area (Å²) >= 11 is 0. The number of phosphoric ester groups is 1. The van der Waals surface area contributed by atoms with E-state index in [1.165, 1.54) is 193 Å². The molecule has 0 aromatic carbocycles. The molecule has 1 N–H and O–H groups in total. The van der Waals surface area contributed by atoms with Gasteiger partial charge in [-0.1, -0.05) is 275 Å². The Morgan fingerprint density at radius 2 is 0.810 bits per heavy atom. The molecule has 0 rings (SSSR count). The van der Waals surface area contributed by atoms with Gasteiger partial charge in [0.1, 0.15) is 19.3 Å². The number of carbonyl (C=O) groups excluding carboxylic acids is 2. The van der Waals surface area contributed by atoms with E-state index in [-0.39, 0.29) is 24.9 Å². The topological polar surface area (TPSA) is 114 Å². The molecule has 0 aliphatic rings. The molecule has 0 heterocycles. The third-order valence-corrected chi connectivity index (χ3v) is 15.9. The second-order valence-electron chi connectivity index (χ2n) is 24.0. The molecule has 1 amide bonds. The van der Waals surface area contributed by atoms with Gasteiger partial charge in [0.2, 0.25) is 5.91 Å². The summed E-state index contributed by atoms with van der Waals surface area (Å²) in [5.41, 5.74) is 0. The highest BCUT2D eigenvalue weighted by atomic mass is 31.2. The lowest BCUT2D eigenvalue weighted by atomic mass is 10.0. The van der Waals surface area contributed by atoms with E-state index in [9.17, 15) is 19.0 Å². The average Bonchev–Trinajstić information content (AvgIpc) is 3.41.